The van der Waals surface area contributed by atoms with E-state index in [0.717, 1.165) is 17.0 Å². The van der Waals surface area contributed by atoms with Gasteiger partial charge in [0, 0.05) is 0 Å². The molecule has 2 aromatic carbocycles. The van der Waals surface area contributed by atoms with E-state index in [1.54, 1.807) is 19.1 Å². The predicted octanol–water partition coefficient (Wildman–Crippen LogP) is 3.68. The molecule has 92 valence electrons. The maximum atomic E-state index is 13.6. The Balaban J connectivity index is 1.89. The van der Waals surface area contributed by atoms with Crippen molar-refractivity contribution in [2.75, 3.05) is 11.9 Å². The average Bonchev–Trinajstić information content (AvgIpc) is 2.41. The highest BCUT2D eigenvalue weighted by molar-refractivity contribution is 5.58. The van der Waals surface area contributed by atoms with Crippen molar-refractivity contribution in [3.05, 3.63) is 59.4 Å². The molecule has 1 atom stereocenters. The average molecular weight is 243 g/mol. The van der Waals surface area contributed by atoms with E-state index in [0.29, 0.717) is 12.1 Å². The Morgan fingerprint density at radius 3 is 2.89 bits per heavy atom. The van der Waals surface area contributed by atoms with Crippen molar-refractivity contribution in [3.8, 4) is 5.75 Å². The lowest BCUT2D eigenvalue weighted by atomic mass is 10.1. The minimum absolute atomic E-state index is 0.144. The fourth-order valence-electron chi connectivity index (χ4n) is 2.11. The Hall–Kier alpha value is -2.03. The summed E-state index contributed by atoms with van der Waals surface area (Å²) in [6.45, 7) is 2.41. The second kappa shape index (κ2) is 4.33. The molecule has 0 radical (unpaired) electrons. The fourth-order valence-corrected chi connectivity index (χ4v) is 2.11. The molecule has 0 amide bonds. The maximum absolute atomic E-state index is 13.6. The van der Waals surface area contributed by atoms with Crippen LogP contribution in [0.1, 0.15) is 17.2 Å². The maximum Gasteiger partial charge on any atom is 0.143 e. The second-order valence-corrected chi connectivity index (χ2v) is 4.49. The number of rotatable bonds is 1. The minimum atomic E-state index is -0.185. The Morgan fingerprint density at radius 1 is 1.22 bits per heavy atom. The lowest BCUT2D eigenvalue weighted by Gasteiger charge is -2.27. The number of hydrogen-bond donors (Lipinski definition) is 1. The summed E-state index contributed by atoms with van der Waals surface area (Å²) in [4.78, 5) is 0. The van der Waals surface area contributed by atoms with Gasteiger partial charge < -0.3 is 10.1 Å². The smallest absolute Gasteiger partial charge is 0.143 e. The zero-order valence-corrected chi connectivity index (χ0v) is 10.1. The predicted molar refractivity (Wildman–Crippen MR) is 69.4 cm³/mol. The molecule has 0 aliphatic carbocycles. The van der Waals surface area contributed by atoms with Gasteiger partial charge in [0.15, 0.2) is 0 Å². The highest BCUT2D eigenvalue weighted by atomic mass is 19.1. The molecule has 0 saturated carbocycles. The molecule has 3 heteroatoms. The van der Waals surface area contributed by atoms with Crippen LogP contribution in [0.4, 0.5) is 10.1 Å². The quantitative estimate of drug-likeness (QED) is 0.825. The number of hydrogen-bond acceptors (Lipinski definition) is 2. The number of para-hydroxylation sites is 2. The summed E-state index contributed by atoms with van der Waals surface area (Å²) in [6.07, 6.45) is -0.144. The summed E-state index contributed by atoms with van der Waals surface area (Å²) < 4.78 is 19.4. The molecule has 1 heterocycles. The van der Waals surface area contributed by atoms with Gasteiger partial charge in [0.05, 0.1) is 12.2 Å². The zero-order valence-electron chi connectivity index (χ0n) is 10.1. The van der Waals surface area contributed by atoms with Crippen LogP contribution in [-0.4, -0.2) is 6.54 Å². The van der Waals surface area contributed by atoms with E-state index in [9.17, 15) is 4.39 Å². The molecule has 2 nitrogen and oxygen atoms in total. The lowest BCUT2D eigenvalue weighted by Crippen LogP contribution is -2.23. The summed E-state index contributed by atoms with van der Waals surface area (Å²) in [5, 5.41) is 3.30. The van der Waals surface area contributed by atoms with Gasteiger partial charge in [-0.3, -0.25) is 0 Å². The third-order valence-corrected chi connectivity index (χ3v) is 3.20. The molecule has 0 bridgehead atoms. The van der Waals surface area contributed by atoms with Crippen LogP contribution in [-0.2, 0) is 0 Å². The van der Waals surface area contributed by atoms with Crippen LogP contribution in [0.15, 0.2) is 42.5 Å². The number of benzene rings is 2. The molecule has 3 rings (SSSR count). The van der Waals surface area contributed by atoms with E-state index >= 15 is 0 Å². The first-order chi connectivity index (χ1) is 8.74. The van der Waals surface area contributed by atoms with E-state index in [2.05, 4.69) is 5.32 Å². The van der Waals surface area contributed by atoms with Gasteiger partial charge in [-0.25, -0.2) is 4.39 Å². The molecule has 1 N–H and O–H groups in total. The van der Waals surface area contributed by atoms with Crippen molar-refractivity contribution >= 4 is 5.69 Å². The van der Waals surface area contributed by atoms with Crippen LogP contribution in [0.3, 0.4) is 0 Å². The van der Waals surface area contributed by atoms with Crippen molar-refractivity contribution in [2.45, 2.75) is 13.0 Å². The van der Waals surface area contributed by atoms with Crippen LogP contribution in [0.25, 0.3) is 0 Å². The van der Waals surface area contributed by atoms with Crippen molar-refractivity contribution in [2.24, 2.45) is 0 Å². The minimum Gasteiger partial charge on any atom is -0.482 e. The molecule has 0 aromatic heterocycles. The van der Waals surface area contributed by atoms with Crippen molar-refractivity contribution in [1.29, 1.82) is 0 Å². The van der Waals surface area contributed by atoms with E-state index in [1.807, 2.05) is 30.3 Å². The van der Waals surface area contributed by atoms with Crippen molar-refractivity contribution < 1.29 is 9.13 Å². The van der Waals surface area contributed by atoms with Crippen LogP contribution in [0.2, 0.25) is 0 Å². The normalized spacial score (nSPS) is 17.6. The van der Waals surface area contributed by atoms with Gasteiger partial charge in [-0.2, -0.15) is 0 Å². The zero-order chi connectivity index (χ0) is 12.5. The molecule has 0 spiro atoms. The Bertz CT molecular complexity index is 582. The van der Waals surface area contributed by atoms with Gasteiger partial charge in [-0.1, -0.05) is 24.3 Å². The number of fused-ring (bicyclic) bond motifs is 1. The number of anilines is 1. The number of halogens is 1. The number of nitrogens with one attached hydrogen (secondary N) is 1. The molecule has 1 unspecified atom stereocenters. The first kappa shape index (κ1) is 11.1. The SMILES string of the molecule is Cc1ccc(C2CNc3ccccc3O2)cc1F. The van der Waals surface area contributed by atoms with Gasteiger partial charge in [0.25, 0.3) is 0 Å². The van der Waals surface area contributed by atoms with Gasteiger partial charge in [0.1, 0.15) is 17.7 Å². The van der Waals surface area contributed by atoms with Gasteiger partial charge >= 0.3 is 0 Å². The Labute approximate surface area is 105 Å². The highest BCUT2D eigenvalue weighted by Crippen LogP contribution is 2.33. The standard InChI is InChI=1S/C15H14FNO/c1-10-6-7-11(8-12(10)16)15-9-17-13-4-2-3-5-14(13)18-15/h2-8,15,17H,9H2,1H3. The molecule has 1 aliphatic rings. The molecule has 2 aromatic rings. The molecule has 0 saturated heterocycles. The lowest BCUT2D eigenvalue weighted by molar-refractivity contribution is 0.210. The monoisotopic (exact) mass is 243 g/mol. The van der Waals surface area contributed by atoms with Crippen molar-refractivity contribution in [1.82, 2.24) is 0 Å². The number of aryl methyl sites for hydroxylation is 1. The van der Waals surface area contributed by atoms with Crippen LogP contribution >= 0.6 is 0 Å². The molecule has 18 heavy (non-hydrogen) atoms. The van der Waals surface area contributed by atoms with Crippen LogP contribution in [0.5, 0.6) is 5.75 Å². The number of ether oxygens (including phenoxy) is 1. The van der Waals surface area contributed by atoms with E-state index < -0.39 is 0 Å². The summed E-state index contributed by atoms with van der Waals surface area (Å²) in [5.74, 6) is 0.629. The molecule has 0 fully saturated rings. The topological polar surface area (TPSA) is 21.3 Å². The fraction of sp³-hybridized carbons (Fsp3) is 0.200. The first-order valence-electron chi connectivity index (χ1n) is 5.99. The molecular weight excluding hydrogens is 229 g/mol. The summed E-state index contributed by atoms with van der Waals surface area (Å²) in [5.41, 5.74) is 2.50. The van der Waals surface area contributed by atoms with Crippen molar-refractivity contribution in [3.63, 3.8) is 0 Å². The molecular formula is C15H14FNO. The second-order valence-electron chi connectivity index (χ2n) is 4.49. The summed E-state index contributed by atoms with van der Waals surface area (Å²) in [7, 11) is 0. The van der Waals surface area contributed by atoms with E-state index in [4.69, 9.17) is 4.74 Å². The van der Waals surface area contributed by atoms with Gasteiger partial charge in [-0.05, 0) is 36.2 Å². The van der Waals surface area contributed by atoms with Crippen LogP contribution < -0.4 is 10.1 Å². The largest absolute Gasteiger partial charge is 0.482 e. The summed E-state index contributed by atoms with van der Waals surface area (Å²) >= 11 is 0. The van der Waals surface area contributed by atoms with E-state index in [1.165, 1.54) is 0 Å². The third kappa shape index (κ3) is 1.92. The summed E-state index contributed by atoms with van der Waals surface area (Å²) in [6, 6.07) is 13.0. The van der Waals surface area contributed by atoms with E-state index in [-0.39, 0.29) is 11.9 Å². The van der Waals surface area contributed by atoms with Gasteiger partial charge in [0.2, 0.25) is 0 Å². The highest BCUT2D eigenvalue weighted by Gasteiger charge is 2.20. The first-order valence-corrected chi connectivity index (χ1v) is 5.99. The Morgan fingerprint density at radius 2 is 2.06 bits per heavy atom. The van der Waals surface area contributed by atoms with Crippen LogP contribution in [0, 0.1) is 12.7 Å². The van der Waals surface area contributed by atoms with Gasteiger partial charge in [-0.15, -0.1) is 0 Å². The Kier molecular flexibility index (Phi) is 2.67. The third-order valence-electron chi connectivity index (χ3n) is 3.20. The molecule has 1 aliphatic heterocycles.